The van der Waals surface area contributed by atoms with Gasteiger partial charge < -0.3 is 10.0 Å². The number of aliphatic hydroxyl groups is 1. The first-order valence-corrected chi connectivity index (χ1v) is 7.43. The van der Waals surface area contributed by atoms with Gasteiger partial charge in [-0.05, 0) is 43.0 Å². The summed E-state index contributed by atoms with van der Waals surface area (Å²) < 4.78 is 0. The molecule has 1 aromatic rings. The van der Waals surface area contributed by atoms with Gasteiger partial charge in [0.25, 0.3) is 0 Å². The maximum absolute atomic E-state index is 10.4. The Balaban J connectivity index is 1.62. The van der Waals surface area contributed by atoms with Crippen molar-refractivity contribution in [3.8, 4) is 0 Å². The van der Waals surface area contributed by atoms with Crippen LogP contribution in [0.5, 0.6) is 0 Å². The van der Waals surface area contributed by atoms with E-state index in [1.54, 1.807) is 0 Å². The van der Waals surface area contributed by atoms with E-state index in [0.717, 1.165) is 38.3 Å². The lowest BCUT2D eigenvalue weighted by atomic mass is 10.0. The molecule has 1 saturated heterocycles. The summed E-state index contributed by atoms with van der Waals surface area (Å²) in [5, 5.41) is 10.4. The smallest absolute Gasteiger partial charge is 0.0917 e. The van der Waals surface area contributed by atoms with Gasteiger partial charge >= 0.3 is 0 Å². The number of aliphatic hydroxyl groups excluding tert-OH is 1. The molecular weight excluding hydrogens is 236 g/mol. The monoisotopic (exact) mass is 260 g/mol. The minimum absolute atomic E-state index is 0.339. The van der Waals surface area contributed by atoms with Gasteiger partial charge in [-0.15, -0.1) is 0 Å². The van der Waals surface area contributed by atoms with Gasteiger partial charge in [0.2, 0.25) is 0 Å². The molecule has 1 heterocycles. The highest BCUT2D eigenvalue weighted by Crippen LogP contribution is 2.25. The molecule has 0 aromatic heterocycles. The van der Waals surface area contributed by atoms with E-state index in [9.17, 15) is 5.11 Å². The molecule has 0 saturated carbocycles. The standard InChI is InChI=1S/C16H24N2O/c1-17-7-9-18(10-8-17)12-16(19)15-6-5-13-3-2-4-14(13)11-15/h5-6,11,16,19H,2-4,7-10,12H2,1H3. The minimum Gasteiger partial charge on any atom is -0.387 e. The van der Waals surface area contributed by atoms with E-state index in [-0.39, 0.29) is 6.10 Å². The normalized spacial score (nSPS) is 22.4. The Labute approximate surface area is 115 Å². The Kier molecular flexibility index (Phi) is 3.87. The molecule has 1 unspecified atom stereocenters. The number of hydrogen-bond acceptors (Lipinski definition) is 3. The van der Waals surface area contributed by atoms with Crippen molar-refractivity contribution >= 4 is 0 Å². The molecule has 1 aliphatic heterocycles. The first-order valence-electron chi connectivity index (χ1n) is 7.43. The number of hydrogen-bond donors (Lipinski definition) is 1. The fraction of sp³-hybridized carbons (Fsp3) is 0.625. The highest BCUT2D eigenvalue weighted by Gasteiger charge is 2.19. The highest BCUT2D eigenvalue weighted by molar-refractivity contribution is 5.36. The van der Waals surface area contributed by atoms with Crippen molar-refractivity contribution in [2.24, 2.45) is 0 Å². The van der Waals surface area contributed by atoms with Gasteiger partial charge in [-0.2, -0.15) is 0 Å². The Hall–Kier alpha value is -0.900. The minimum atomic E-state index is -0.339. The van der Waals surface area contributed by atoms with Crippen LogP contribution in [0.3, 0.4) is 0 Å². The van der Waals surface area contributed by atoms with Crippen LogP contribution in [0.15, 0.2) is 18.2 Å². The quantitative estimate of drug-likeness (QED) is 0.891. The third-order valence-electron chi connectivity index (χ3n) is 4.53. The van der Waals surface area contributed by atoms with Crippen molar-refractivity contribution in [1.82, 2.24) is 9.80 Å². The van der Waals surface area contributed by atoms with Crippen molar-refractivity contribution in [2.45, 2.75) is 25.4 Å². The van der Waals surface area contributed by atoms with Crippen LogP contribution in [0.1, 0.15) is 29.2 Å². The van der Waals surface area contributed by atoms with Gasteiger partial charge in [-0.1, -0.05) is 18.2 Å². The first-order chi connectivity index (χ1) is 9.22. The van der Waals surface area contributed by atoms with Gasteiger partial charge in [-0.3, -0.25) is 4.90 Å². The van der Waals surface area contributed by atoms with Crippen LogP contribution in [-0.2, 0) is 12.8 Å². The second kappa shape index (κ2) is 5.61. The maximum Gasteiger partial charge on any atom is 0.0917 e. The van der Waals surface area contributed by atoms with E-state index in [4.69, 9.17) is 0 Å². The Morgan fingerprint density at radius 2 is 1.84 bits per heavy atom. The van der Waals surface area contributed by atoms with Crippen LogP contribution in [0.2, 0.25) is 0 Å². The lowest BCUT2D eigenvalue weighted by Crippen LogP contribution is -2.45. The molecule has 3 nitrogen and oxygen atoms in total. The van der Waals surface area contributed by atoms with Crippen LogP contribution >= 0.6 is 0 Å². The van der Waals surface area contributed by atoms with Gasteiger partial charge in [-0.25, -0.2) is 0 Å². The largest absolute Gasteiger partial charge is 0.387 e. The zero-order valence-corrected chi connectivity index (χ0v) is 11.8. The number of benzene rings is 1. The van der Waals surface area contributed by atoms with Gasteiger partial charge in [0.15, 0.2) is 0 Å². The predicted molar refractivity (Wildman–Crippen MR) is 77.4 cm³/mol. The summed E-state index contributed by atoms with van der Waals surface area (Å²) in [5.74, 6) is 0. The molecular formula is C16H24N2O. The van der Waals surface area contributed by atoms with E-state index in [0.29, 0.717) is 0 Å². The molecule has 1 aromatic carbocycles. The lowest BCUT2D eigenvalue weighted by Gasteiger charge is -2.33. The van der Waals surface area contributed by atoms with Gasteiger partial charge in [0.1, 0.15) is 0 Å². The number of rotatable bonds is 3. The Bertz CT molecular complexity index is 438. The molecule has 1 atom stereocenters. The van der Waals surface area contributed by atoms with Crippen LogP contribution in [0.25, 0.3) is 0 Å². The molecule has 19 heavy (non-hydrogen) atoms. The molecule has 0 spiro atoms. The van der Waals surface area contributed by atoms with Crippen LogP contribution < -0.4 is 0 Å². The van der Waals surface area contributed by atoms with E-state index in [2.05, 4.69) is 35.0 Å². The predicted octanol–water partition coefficient (Wildman–Crippen LogP) is 1.46. The average molecular weight is 260 g/mol. The molecule has 1 N–H and O–H groups in total. The summed E-state index contributed by atoms with van der Waals surface area (Å²) in [5.41, 5.74) is 4.03. The first kappa shape index (κ1) is 13.1. The SMILES string of the molecule is CN1CCN(CC(O)c2ccc3c(c2)CCC3)CC1. The number of piperazine rings is 1. The maximum atomic E-state index is 10.4. The zero-order valence-electron chi connectivity index (χ0n) is 11.8. The summed E-state index contributed by atoms with van der Waals surface area (Å²) in [7, 11) is 2.16. The Morgan fingerprint density at radius 3 is 2.63 bits per heavy atom. The zero-order chi connectivity index (χ0) is 13.2. The van der Waals surface area contributed by atoms with Crippen LogP contribution in [-0.4, -0.2) is 54.7 Å². The molecule has 1 fully saturated rings. The summed E-state index contributed by atoms with van der Waals surface area (Å²) in [4.78, 5) is 4.72. The fourth-order valence-electron chi connectivity index (χ4n) is 3.18. The molecule has 3 heteroatoms. The van der Waals surface area contributed by atoms with Crippen molar-refractivity contribution < 1.29 is 5.11 Å². The van der Waals surface area contributed by atoms with Crippen molar-refractivity contribution in [3.63, 3.8) is 0 Å². The van der Waals surface area contributed by atoms with Crippen molar-refractivity contribution in [2.75, 3.05) is 39.8 Å². The molecule has 0 amide bonds. The summed E-state index contributed by atoms with van der Waals surface area (Å²) >= 11 is 0. The number of aryl methyl sites for hydroxylation is 2. The van der Waals surface area contributed by atoms with Crippen molar-refractivity contribution in [1.29, 1.82) is 0 Å². The molecule has 3 rings (SSSR count). The fourth-order valence-corrected chi connectivity index (χ4v) is 3.18. The number of fused-ring (bicyclic) bond motifs is 1. The van der Waals surface area contributed by atoms with Crippen molar-refractivity contribution in [3.05, 3.63) is 34.9 Å². The molecule has 104 valence electrons. The third kappa shape index (κ3) is 2.99. The average Bonchev–Trinajstić information content (AvgIpc) is 2.88. The van der Waals surface area contributed by atoms with E-state index in [1.807, 2.05) is 0 Å². The second-order valence-corrected chi connectivity index (χ2v) is 6.00. The topological polar surface area (TPSA) is 26.7 Å². The summed E-state index contributed by atoms with van der Waals surface area (Å²) in [6, 6.07) is 6.55. The van der Waals surface area contributed by atoms with E-state index in [1.165, 1.54) is 30.4 Å². The molecule has 0 radical (unpaired) electrons. The van der Waals surface area contributed by atoms with E-state index < -0.39 is 0 Å². The lowest BCUT2D eigenvalue weighted by molar-refractivity contribution is 0.0805. The second-order valence-electron chi connectivity index (χ2n) is 6.00. The number of β-amino-alcohol motifs (C(OH)–C–C–N with tert-alkyl or cyclic N) is 1. The van der Waals surface area contributed by atoms with E-state index >= 15 is 0 Å². The highest BCUT2D eigenvalue weighted by atomic mass is 16.3. The van der Waals surface area contributed by atoms with Crippen LogP contribution in [0.4, 0.5) is 0 Å². The number of nitrogens with zero attached hydrogens (tertiary/aromatic N) is 2. The summed E-state index contributed by atoms with van der Waals surface area (Å²) in [6.07, 6.45) is 3.33. The molecule has 2 aliphatic rings. The summed E-state index contributed by atoms with van der Waals surface area (Å²) in [6.45, 7) is 5.12. The van der Waals surface area contributed by atoms with Gasteiger partial charge in [0.05, 0.1) is 6.10 Å². The van der Waals surface area contributed by atoms with Gasteiger partial charge in [0, 0.05) is 32.7 Å². The molecule has 0 bridgehead atoms. The number of likely N-dealkylation sites (N-methyl/N-ethyl adjacent to an activating group) is 1. The molecule has 1 aliphatic carbocycles. The third-order valence-corrected chi connectivity index (χ3v) is 4.53. The van der Waals surface area contributed by atoms with Crippen LogP contribution in [0, 0.1) is 0 Å². The Morgan fingerprint density at radius 1 is 1.11 bits per heavy atom.